The molecule has 2 aliphatic carbocycles. The van der Waals surface area contributed by atoms with E-state index >= 15 is 0 Å². The zero-order chi connectivity index (χ0) is 22.3. The Labute approximate surface area is 177 Å². The minimum atomic E-state index is -0.725. The fraction of sp³-hybridized carbons (Fsp3) is 0.524. The Bertz CT molecular complexity index is 946. The number of ketones is 1. The average Bonchev–Trinajstić information content (AvgIpc) is 3.44. The Morgan fingerprint density at radius 2 is 1.81 bits per heavy atom. The summed E-state index contributed by atoms with van der Waals surface area (Å²) in [6, 6.07) is 3.70. The second-order valence-corrected chi connectivity index (χ2v) is 8.19. The quantitative estimate of drug-likeness (QED) is 0.200. The van der Waals surface area contributed by atoms with Gasteiger partial charge in [0, 0.05) is 18.2 Å². The lowest BCUT2D eigenvalue weighted by atomic mass is 9.81. The number of carbonyl (C=O) groups is 4. The number of imide groups is 1. The highest BCUT2D eigenvalue weighted by atomic mass is 16.6. The number of hydrogen-bond donors (Lipinski definition) is 0. The number of esters is 1. The van der Waals surface area contributed by atoms with Crippen molar-refractivity contribution in [1.82, 2.24) is 4.90 Å². The molecule has 2 saturated carbocycles. The molecular formula is C21H22N2O8. The van der Waals surface area contributed by atoms with Crippen LogP contribution in [0, 0.1) is 33.8 Å². The Kier molecular flexibility index (Phi) is 5.47. The summed E-state index contributed by atoms with van der Waals surface area (Å²) in [6.45, 7) is -0.662. The van der Waals surface area contributed by atoms with Crippen molar-refractivity contribution in [2.75, 3.05) is 20.3 Å². The van der Waals surface area contributed by atoms with Crippen LogP contribution in [0.5, 0.6) is 5.75 Å². The first kappa shape index (κ1) is 21.0. The molecule has 0 unspecified atom stereocenters. The van der Waals surface area contributed by atoms with Gasteiger partial charge >= 0.3 is 11.7 Å². The predicted molar refractivity (Wildman–Crippen MR) is 104 cm³/mol. The lowest BCUT2D eigenvalue weighted by Gasteiger charge is -2.19. The van der Waals surface area contributed by atoms with Gasteiger partial charge in [0.1, 0.15) is 0 Å². The van der Waals surface area contributed by atoms with Gasteiger partial charge in [-0.05, 0) is 43.2 Å². The number of Topliss-reactive ketones (excluding diaryl/α,β-unsaturated/α-hetero) is 1. The summed E-state index contributed by atoms with van der Waals surface area (Å²) < 4.78 is 9.84. The third-order valence-corrected chi connectivity index (χ3v) is 6.62. The molecule has 2 amide bonds. The fourth-order valence-electron chi connectivity index (χ4n) is 5.20. The van der Waals surface area contributed by atoms with E-state index in [1.165, 1.54) is 19.2 Å². The number of likely N-dealkylation sites (tertiary alicyclic amines) is 1. The molecule has 1 aromatic carbocycles. The highest BCUT2D eigenvalue weighted by Gasteiger charge is 2.60. The van der Waals surface area contributed by atoms with Gasteiger partial charge in [-0.3, -0.25) is 34.2 Å². The molecule has 3 fully saturated rings. The van der Waals surface area contributed by atoms with Crippen molar-refractivity contribution in [1.29, 1.82) is 0 Å². The molecule has 3 aliphatic rings. The molecule has 0 spiro atoms. The number of fused-ring (bicyclic) bond motifs is 5. The zero-order valence-corrected chi connectivity index (χ0v) is 16.9. The van der Waals surface area contributed by atoms with Gasteiger partial charge in [0.2, 0.25) is 17.6 Å². The molecular weight excluding hydrogens is 408 g/mol. The van der Waals surface area contributed by atoms with Crippen LogP contribution in [0.2, 0.25) is 0 Å². The summed E-state index contributed by atoms with van der Waals surface area (Å²) in [6.07, 6.45) is 2.69. The molecule has 0 N–H and O–H groups in total. The van der Waals surface area contributed by atoms with Crippen molar-refractivity contribution in [3.05, 3.63) is 33.9 Å². The Morgan fingerprint density at radius 3 is 2.39 bits per heavy atom. The Hall–Kier alpha value is -3.30. The second kappa shape index (κ2) is 8.09. The number of nitrogens with zero attached hydrogens (tertiary/aromatic N) is 2. The summed E-state index contributed by atoms with van der Waals surface area (Å²) in [5.41, 5.74) is -0.362. The summed E-state index contributed by atoms with van der Waals surface area (Å²) in [7, 11) is 1.28. The third kappa shape index (κ3) is 3.66. The molecule has 0 radical (unpaired) electrons. The van der Waals surface area contributed by atoms with E-state index in [0.29, 0.717) is 0 Å². The summed E-state index contributed by atoms with van der Waals surface area (Å²) in [5.74, 6) is -1.66. The van der Waals surface area contributed by atoms with Gasteiger partial charge in [0.25, 0.3) is 0 Å². The first-order valence-corrected chi connectivity index (χ1v) is 10.2. The number of rotatable bonds is 8. The molecule has 1 aromatic rings. The van der Waals surface area contributed by atoms with Crippen LogP contribution in [0.15, 0.2) is 18.2 Å². The van der Waals surface area contributed by atoms with Crippen molar-refractivity contribution >= 4 is 29.3 Å². The highest BCUT2D eigenvalue weighted by molar-refractivity contribution is 6.06. The standard InChI is InChI=1S/C21H22N2O8/c1-30-16-5-4-11(9-14(16)23(28)29)15(24)10-31-17(25)6-7-22-20(26)18-12-2-3-13(8-12)19(18)21(22)27/h4-5,9,12-13,18-19H,2-3,6-8,10H2,1H3/t12-,13-,18+,19+/m0/s1. The van der Waals surface area contributed by atoms with Crippen LogP contribution >= 0.6 is 0 Å². The smallest absolute Gasteiger partial charge is 0.311 e. The lowest BCUT2D eigenvalue weighted by Crippen LogP contribution is -2.35. The lowest BCUT2D eigenvalue weighted by molar-refractivity contribution is -0.385. The van der Waals surface area contributed by atoms with Crippen molar-refractivity contribution in [3.63, 3.8) is 0 Å². The third-order valence-electron chi connectivity index (χ3n) is 6.62. The van der Waals surface area contributed by atoms with Crippen LogP contribution < -0.4 is 4.74 Å². The van der Waals surface area contributed by atoms with Crippen LogP contribution in [0.25, 0.3) is 0 Å². The predicted octanol–water partition coefficient (Wildman–Crippen LogP) is 1.75. The molecule has 164 valence electrons. The summed E-state index contributed by atoms with van der Waals surface area (Å²) in [4.78, 5) is 61.1. The average molecular weight is 430 g/mol. The molecule has 31 heavy (non-hydrogen) atoms. The van der Waals surface area contributed by atoms with E-state index in [1.54, 1.807) is 0 Å². The number of amides is 2. The zero-order valence-electron chi connectivity index (χ0n) is 16.9. The molecule has 1 heterocycles. The van der Waals surface area contributed by atoms with Gasteiger partial charge in [-0.1, -0.05) is 0 Å². The van der Waals surface area contributed by atoms with Crippen LogP contribution in [-0.4, -0.2) is 53.7 Å². The minimum Gasteiger partial charge on any atom is -0.490 e. The minimum absolute atomic E-state index is 0.00787. The van der Waals surface area contributed by atoms with E-state index in [9.17, 15) is 29.3 Å². The summed E-state index contributed by atoms with van der Waals surface area (Å²) in [5, 5.41) is 11.1. The number of hydrogen-bond acceptors (Lipinski definition) is 8. The number of nitro groups is 1. The SMILES string of the molecule is COc1ccc(C(=O)COC(=O)CCN2C(=O)[C@@H]3[C@H]4CC[C@@H](C4)[C@H]3C2=O)cc1[N+](=O)[O-]. The molecule has 10 nitrogen and oxygen atoms in total. The number of carbonyl (C=O) groups excluding carboxylic acids is 4. The van der Waals surface area contributed by atoms with E-state index < -0.39 is 23.3 Å². The van der Waals surface area contributed by atoms with Crippen molar-refractivity contribution in [2.45, 2.75) is 25.7 Å². The molecule has 0 aromatic heterocycles. The maximum absolute atomic E-state index is 12.6. The summed E-state index contributed by atoms with van der Waals surface area (Å²) >= 11 is 0. The van der Waals surface area contributed by atoms with Gasteiger partial charge in [-0.25, -0.2) is 0 Å². The largest absolute Gasteiger partial charge is 0.490 e. The molecule has 4 rings (SSSR count). The second-order valence-electron chi connectivity index (χ2n) is 8.19. The Morgan fingerprint density at radius 1 is 1.16 bits per heavy atom. The van der Waals surface area contributed by atoms with Gasteiger partial charge in [0.05, 0.1) is 30.3 Å². The highest BCUT2D eigenvalue weighted by Crippen LogP contribution is 2.56. The van der Waals surface area contributed by atoms with Crippen LogP contribution in [0.3, 0.4) is 0 Å². The van der Waals surface area contributed by atoms with Crippen LogP contribution in [0.1, 0.15) is 36.0 Å². The van der Waals surface area contributed by atoms with Crippen LogP contribution in [-0.2, 0) is 19.1 Å². The molecule has 1 saturated heterocycles. The van der Waals surface area contributed by atoms with Gasteiger partial charge < -0.3 is 9.47 Å². The maximum Gasteiger partial charge on any atom is 0.311 e. The van der Waals surface area contributed by atoms with Crippen molar-refractivity contribution in [3.8, 4) is 5.75 Å². The fourth-order valence-corrected chi connectivity index (χ4v) is 5.20. The molecule has 4 atom stereocenters. The topological polar surface area (TPSA) is 133 Å². The Balaban J connectivity index is 1.30. The van der Waals surface area contributed by atoms with E-state index in [-0.39, 0.29) is 65.5 Å². The number of ether oxygens (including phenoxy) is 2. The van der Waals surface area contributed by atoms with Crippen molar-refractivity contribution < 1.29 is 33.6 Å². The van der Waals surface area contributed by atoms with Crippen molar-refractivity contribution in [2.24, 2.45) is 23.7 Å². The van der Waals surface area contributed by atoms with E-state index in [2.05, 4.69) is 0 Å². The molecule has 1 aliphatic heterocycles. The maximum atomic E-state index is 12.6. The van der Waals surface area contributed by atoms with E-state index in [1.807, 2.05) is 0 Å². The van der Waals surface area contributed by atoms with E-state index in [4.69, 9.17) is 9.47 Å². The van der Waals surface area contributed by atoms with Crippen LogP contribution in [0.4, 0.5) is 5.69 Å². The van der Waals surface area contributed by atoms with Gasteiger partial charge in [-0.2, -0.15) is 0 Å². The van der Waals surface area contributed by atoms with Gasteiger partial charge in [-0.15, -0.1) is 0 Å². The normalized spacial score (nSPS) is 26.2. The first-order chi connectivity index (χ1) is 14.8. The molecule has 2 bridgehead atoms. The number of benzene rings is 1. The van der Waals surface area contributed by atoms with E-state index in [0.717, 1.165) is 30.2 Å². The molecule has 10 heteroatoms. The monoisotopic (exact) mass is 430 g/mol. The number of nitro benzene ring substituents is 1. The first-order valence-electron chi connectivity index (χ1n) is 10.2. The number of methoxy groups -OCH3 is 1. The van der Waals surface area contributed by atoms with Gasteiger partial charge in [0.15, 0.2) is 12.4 Å².